The summed E-state index contributed by atoms with van der Waals surface area (Å²) in [6.07, 6.45) is 0. The fraction of sp³-hybridized carbons (Fsp3) is 1.00. The molecule has 0 rings (SSSR count). The van der Waals surface area contributed by atoms with Crippen LogP contribution in [0, 0.1) is 0 Å². The first-order valence-electron chi connectivity index (χ1n) is 1.57. The van der Waals surface area contributed by atoms with Gasteiger partial charge in [0.1, 0.15) is 5.94 Å². The van der Waals surface area contributed by atoms with Gasteiger partial charge < -0.3 is 4.74 Å². The largest absolute Gasteiger partial charge is 0.337 e. The first kappa shape index (κ1) is 9.53. The standard InChI is InChI=1S/C2H3Cl3OS2/c3-2(4)6-1-7-8-5/h2H,1H2. The van der Waals surface area contributed by atoms with Gasteiger partial charge in [-0.2, -0.15) is 0 Å². The van der Waals surface area contributed by atoms with Crippen molar-refractivity contribution in [2.75, 3.05) is 5.94 Å². The minimum Gasteiger partial charge on any atom is -0.337 e. The number of hydrogen-bond donors (Lipinski definition) is 0. The van der Waals surface area contributed by atoms with Crippen molar-refractivity contribution in [2.24, 2.45) is 0 Å². The summed E-state index contributed by atoms with van der Waals surface area (Å²) in [4.78, 5) is 0. The highest BCUT2D eigenvalue weighted by Crippen LogP contribution is 2.25. The van der Waals surface area contributed by atoms with E-state index in [1.807, 2.05) is 0 Å². The van der Waals surface area contributed by atoms with Gasteiger partial charge in [0.05, 0.1) is 0 Å². The van der Waals surface area contributed by atoms with E-state index < -0.39 is 5.02 Å². The molecule has 0 atom stereocenters. The number of halogens is 3. The Kier molecular flexibility index (Phi) is 7.92. The zero-order valence-corrected chi connectivity index (χ0v) is 7.54. The molecule has 0 aliphatic heterocycles. The maximum Gasteiger partial charge on any atom is 0.207 e. The van der Waals surface area contributed by atoms with Crippen molar-refractivity contribution in [3.63, 3.8) is 0 Å². The molecule has 0 saturated heterocycles. The molecule has 0 heterocycles. The van der Waals surface area contributed by atoms with Gasteiger partial charge in [0.25, 0.3) is 0 Å². The van der Waals surface area contributed by atoms with Crippen molar-refractivity contribution in [3.05, 3.63) is 0 Å². The summed E-state index contributed by atoms with van der Waals surface area (Å²) in [5.41, 5.74) is 0. The molecule has 0 aromatic rings. The smallest absolute Gasteiger partial charge is 0.207 e. The highest BCUT2D eigenvalue weighted by Gasteiger charge is 1.95. The Morgan fingerprint density at radius 3 is 2.50 bits per heavy atom. The van der Waals surface area contributed by atoms with Crippen LogP contribution in [-0.4, -0.2) is 11.0 Å². The van der Waals surface area contributed by atoms with E-state index in [1.54, 1.807) is 0 Å². The third-order valence-electron chi connectivity index (χ3n) is 0.287. The lowest BCUT2D eigenvalue weighted by atomic mass is 11.5. The molecule has 0 N–H and O–H groups in total. The molecule has 8 heavy (non-hydrogen) atoms. The van der Waals surface area contributed by atoms with Crippen LogP contribution in [0.5, 0.6) is 0 Å². The molecule has 0 aromatic heterocycles. The zero-order chi connectivity index (χ0) is 6.41. The van der Waals surface area contributed by atoms with Crippen LogP contribution in [0.3, 0.4) is 0 Å². The SMILES string of the molecule is ClSSCOC(Cl)Cl. The van der Waals surface area contributed by atoms with Gasteiger partial charge in [-0.3, -0.25) is 0 Å². The second kappa shape index (κ2) is 6.65. The fourth-order valence-electron chi connectivity index (χ4n) is 0.0974. The Balaban J connectivity index is 2.72. The number of rotatable bonds is 4. The first-order chi connectivity index (χ1) is 3.77. The average molecular weight is 214 g/mol. The van der Waals surface area contributed by atoms with Crippen molar-refractivity contribution in [3.8, 4) is 0 Å². The molecule has 0 aromatic carbocycles. The zero-order valence-electron chi connectivity index (χ0n) is 3.64. The Morgan fingerprint density at radius 1 is 1.50 bits per heavy atom. The monoisotopic (exact) mass is 212 g/mol. The van der Waals surface area contributed by atoms with Gasteiger partial charge in [-0.25, -0.2) is 0 Å². The molecule has 0 aliphatic carbocycles. The quantitative estimate of drug-likeness (QED) is 0.307. The normalized spacial score (nSPS) is 10.5. The summed E-state index contributed by atoms with van der Waals surface area (Å²) in [6, 6.07) is 0. The van der Waals surface area contributed by atoms with E-state index >= 15 is 0 Å². The van der Waals surface area contributed by atoms with E-state index in [4.69, 9.17) is 33.9 Å². The molecule has 0 saturated carbocycles. The lowest BCUT2D eigenvalue weighted by Crippen LogP contribution is -1.92. The van der Waals surface area contributed by atoms with Crippen molar-refractivity contribution in [1.82, 2.24) is 0 Å². The molecule has 0 radical (unpaired) electrons. The Labute approximate surface area is 70.3 Å². The molecule has 0 amide bonds. The maximum atomic E-state index is 5.20. The van der Waals surface area contributed by atoms with Crippen molar-refractivity contribution in [2.45, 2.75) is 5.02 Å². The van der Waals surface area contributed by atoms with E-state index in [0.29, 0.717) is 5.94 Å². The first-order valence-corrected chi connectivity index (χ1v) is 5.59. The molecule has 50 valence electrons. The van der Waals surface area contributed by atoms with Gasteiger partial charge in [0, 0.05) is 10.0 Å². The van der Waals surface area contributed by atoms with Crippen LogP contribution in [0.4, 0.5) is 0 Å². The topological polar surface area (TPSA) is 9.23 Å². The molecule has 1 nitrogen and oxygen atoms in total. The van der Waals surface area contributed by atoms with Crippen LogP contribution in [0.25, 0.3) is 0 Å². The molecule has 0 fully saturated rings. The van der Waals surface area contributed by atoms with Crippen LogP contribution < -0.4 is 0 Å². The summed E-state index contributed by atoms with van der Waals surface area (Å²) >= 11 is 10.4. The highest BCUT2D eigenvalue weighted by atomic mass is 35.7. The maximum absolute atomic E-state index is 5.20. The van der Waals surface area contributed by atoms with Gasteiger partial charge in [-0.05, 0) is 21.5 Å². The lowest BCUT2D eigenvalue weighted by Gasteiger charge is -1.98. The number of ether oxygens (including phenoxy) is 1. The van der Waals surface area contributed by atoms with Crippen molar-refractivity contribution in [1.29, 1.82) is 0 Å². The molecule has 0 spiro atoms. The minimum absolute atomic E-state index is 0.409. The van der Waals surface area contributed by atoms with E-state index in [1.165, 1.54) is 10.8 Å². The van der Waals surface area contributed by atoms with Gasteiger partial charge >= 0.3 is 0 Å². The van der Waals surface area contributed by atoms with Crippen LogP contribution in [-0.2, 0) is 4.74 Å². The lowest BCUT2D eigenvalue weighted by molar-refractivity contribution is 0.209. The molecule has 0 unspecified atom stereocenters. The molecule has 0 aliphatic rings. The van der Waals surface area contributed by atoms with Crippen LogP contribution in [0.1, 0.15) is 0 Å². The Morgan fingerprint density at radius 2 is 2.12 bits per heavy atom. The molecule has 0 bridgehead atoms. The van der Waals surface area contributed by atoms with E-state index in [9.17, 15) is 0 Å². The second-order valence-electron chi connectivity index (χ2n) is 0.726. The number of alkyl halides is 2. The van der Waals surface area contributed by atoms with E-state index in [2.05, 4.69) is 4.74 Å². The van der Waals surface area contributed by atoms with Gasteiger partial charge in [0.2, 0.25) is 5.02 Å². The summed E-state index contributed by atoms with van der Waals surface area (Å²) in [6.45, 7) is 0. The Hall–Kier alpha value is 1.53. The van der Waals surface area contributed by atoms with E-state index in [0.717, 1.165) is 10.0 Å². The van der Waals surface area contributed by atoms with Crippen molar-refractivity contribution >= 4 is 54.7 Å². The second-order valence-corrected chi connectivity index (χ2v) is 4.56. The third-order valence-corrected chi connectivity index (χ3v) is 2.22. The predicted octanol–water partition coefficient (Wildman–Crippen LogP) is 3.26. The van der Waals surface area contributed by atoms with Crippen molar-refractivity contribution < 1.29 is 4.74 Å². The van der Waals surface area contributed by atoms with Gasteiger partial charge in [-0.1, -0.05) is 23.2 Å². The van der Waals surface area contributed by atoms with Gasteiger partial charge in [0.15, 0.2) is 0 Å². The summed E-state index contributed by atoms with van der Waals surface area (Å²) < 4.78 is 4.67. The van der Waals surface area contributed by atoms with Crippen LogP contribution in [0.15, 0.2) is 0 Å². The summed E-state index contributed by atoms with van der Waals surface area (Å²) in [5.74, 6) is 0.409. The van der Waals surface area contributed by atoms with E-state index in [-0.39, 0.29) is 0 Å². The molecular weight excluding hydrogens is 211 g/mol. The van der Waals surface area contributed by atoms with Gasteiger partial charge in [-0.15, -0.1) is 0 Å². The predicted molar refractivity (Wildman–Crippen MR) is 42.5 cm³/mol. The Bertz CT molecular complexity index is 52.5. The molecular formula is C2H3Cl3OS2. The highest BCUT2D eigenvalue weighted by molar-refractivity contribution is 8.85. The average Bonchev–Trinajstić information content (AvgIpc) is 1.66. The minimum atomic E-state index is -0.744. The van der Waals surface area contributed by atoms with Crippen LogP contribution in [0.2, 0.25) is 0 Å². The van der Waals surface area contributed by atoms with Crippen LogP contribution >= 0.6 is 54.7 Å². The summed E-state index contributed by atoms with van der Waals surface area (Å²) in [5, 5.41) is -0.744. The third kappa shape index (κ3) is 7.53. The summed E-state index contributed by atoms with van der Waals surface area (Å²) in [7, 11) is 7.62. The fourth-order valence-corrected chi connectivity index (χ4v) is 1.20. The molecule has 6 heteroatoms. The number of hydrogen-bond acceptors (Lipinski definition) is 3.